The zero-order chi connectivity index (χ0) is 18.6. The maximum Gasteiger partial charge on any atom is 0.271 e. The summed E-state index contributed by atoms with van der Waals surface area (Å²) in [7, 11) is 3.02. The van der Waals surface area contributed by atoms with E-state index in [1.807, 2.05) is 0 Å². The molecular weight excluding hydrogens is 456 g/mol. The predicted octanol–water partition coefficient (Wildman–Crippen LogP) is 4.09. The van der Waals surface area contributed by atoms with Gasteiger partial charge in [0.2, 0.25) is 0 Å². The van der Waals surface area contributed by atoms with Crippen LogP contribution in [0.3, 0.4) is 0 Å². The zero-order valence-corrected chi connectivity index (χ0v) is 16.9. The number of aromatic hydroxyl groups is 1. The second-order valence-electron chi connectivity index (χ2n) is 4.99. The fourth-order valence-corrected chi connectivity index (χ4v) is 3.30. The van der Waals surface area contributed by atoms with Gasteiger partial charge in [0.1, 0.15) is 5.75 Å². The van der Waals surface area contributed by atoms with Crippen molar-refractivity contribution in [3.8, 4) is 17.2 Å². The third-order valence-electron chi connectivity index (χ3n) is 3.39. The van der Waals surface area contributed by atoms with Crippen LogP contribution >= 0.6 is 31.9 Å². The molecule has 25 heavy (non-hydrogen) atoms. The number of rotatable bonds is 5. The molecule has 8 heteroatoms. The van der Waals surface area contributed by atoms with Crippen molar-refractivity contribution in [1.82, 2.24) is 5.43 Å². The second kappa shape index (κ2) is 8.35. The van der Waals surface area contributed by atoms with E-state index in [-0.39, 0.29) is 5.75 Å². The smallest absolute Gasteiger partial charge is 0.271 e. The standard InChI is InChI=1S/C17H16Br2N2O4/c1-9(12-7-11(18)8-13(19)16(12)22)20-21-17(23)10-4-5-14(24-2)15(6-10)25-3/h4-8,22H,1-3H3,(H,21,23). The molecule has 0 aromatic heterocycles. The number of halogens is 2. The highest BCUT2D eigenvalue weighted by atomic mass is 79.9. The molecule has 0 fully saturated rings. The van der Waals surface area contributed by atoms with Gasteiger partial charge in [0.25, 0.3) is 5.91 Å². The van der Waals surface area contributed by atoms with Crippen molar-refractivity contribution >= 4 is 43.5 Å². The van der Waals surface area contributed by atoms with Gasteiger partial charge in [-0.25, -0.2) is 5.43 Å². The molecule has 0 saturated heterocycles. The molecule has 0 spiro atoms. The number of nitrogens with one attached hydrogen (secondary N) is 1. The zero-order valence-electron chi connectivity index (χ0n) is 13.8. The fraction of sp³-hybridized carbons (Fsp3) is 0.176. The first-order valence-corrected chi connectivity index (χ1v) is 8.71. The summed E-state index contributed by atoms with van der Waals surface area (Å²) in [5.74, 6) is 0.616. The average molecular weight is 472 g/mol. The van der Waals surface area contributed by atoms with E-state index in [9.17, 15) is 9.90 Å². The first-order chi connectivity index (χ1) is 11.9. The Morgan fingerprint density at radius 2 is 1.80 bits per heavy atom. The Bertz CT molecular complexity index is 838. The van der Waals surface area contributed by atoms with Gasteiger partial charge in [-0.3, -0.25) is 4.79 Å². The Labute approximate surface area is 162 Å². The predicted molar refractivity (Wildman–Crippen MR) is 103 cm³/mol. The number of carbonyl (C=O) groups excluding carboxylic acids is 1. The molecule has 0 bridgehead atoms. The molecule has 1 amide bonds. The minimum absolute atomic E-state index is 0.0461. The molecule has 0 aliphatic carbocycles. The molecule has 2 aromatic rings. The molecule has 0 saturated carbocycles. The number of methoxy groups -OCH3 is 2. The number of phenolic OH excluding ortho intramolecular Hbond substituents is 1. The first kappa shape index (κ1) is 19.3. The Morgan fingerprint density at radius 3 is 2.44 bits per heavy atom. The van der Waals surface area contributed by atoms with Crippen molar-refractivity contribution in [1.29, 1.82) is 0 Å². The van der Waals surface area contributed by atoms with E-state index in [1.54, 1.807) is 37.3 Å². The molecule has 132 valence electrons. The van der Waals surface area contributed by atoms with Gasteiger partial charge in [-0.05, 0) is 53.2 Å². The molecule has 0 aliphatic heterocycles. The molecule has 0 aliphatic rings. The minimum Gasteiger partial charge on any atom is -0.506 e. The van der Waals surface area contributed by atoms with Crippen LogP contribution in [-0.2, 0) is 0 Å². The monoisotopic (exact) mass is 470 g/mol. The summed E-state index contributed by atoms with van der Waals surface area (Å²) in [6, 6.07) is 8.23. The fourth-order valence-electron chi connectivity index (χ4n) is 2.08. The minimum atomic E-state index is -0.408. The highest BCUT2D eigenvalue weighted by molar-refractivity contribution is 9.11. The molecule has 0 heterocycles. The number of carbonyl (C=O) groups is 1. The molecule has 2 rings (SSSR count). The summed E-state index contributed by atoms with van der Waals surface area (Å²) >= 11 is 6.62. The first-order valence-electron chi connectivity index (χ1n) is 7.12. The summed E-state index contributed by atoms with van der Waals surface area (Å²) in [4.78, 5) is 12.3. The van der Waals surface area contributed by atoms with Crippen LogP contribution in [-0.4, -0.2) is 30.9 Å². The lowest BCUT2D eigenvalue weighted by molar-refractivity contribution is 0.0954. The number of ether oxygens (including phenoxy) is 2. The lowest BCUT2D eigenvalue weighted by atomic mass is 10.1. The van der Waals surface area contributed by atoms with E-state index in [1.165, 1.54) is 14.2 Å². The third-order valence-corrected chi connectivity index (χ3v) is 4.45. The molecule has 6 nitrogen and oxygen atoms in total. The summed E-state index contributed by atoms with van der Waals surface area (Å²) in [6.45, 7) is 1.68. The van der Waals surface area contributed by atoms with Crippen molar-refractivity contribution in [2.75, 3.05) is 14.2 Å². The average Bonchev–Trinajstić information content (AvgIpc) is 2.61. The van der Waals surface area contributed by atoms with Crippen molar-refractivity contribution in [2.24, 2.45) is 5.10 Å². The van der Waals surface area contributed by atoms with Crippen LogP contribution in [0.15, 0.2) is 44.4 Å². The van der Waals surface area contributed by atoms with E-state index in [2.05, 4.69) is 42.4 Å². The lowest BCUT2D eigenvalue weighted by Gasteiger charge is -2.10. The van der Waals surface area contributed by atoms with Crippen LogP contribution in [0.1, 0.15) is 22.8 Å². The number of nitrogens with zero attached hydrogens (tertiary/aromatic N) is 1. The van der Waals surface area contributed by atoms with Crippen LogP contribution in [0.4, 0.5) is 0 Å². The van der Waals surface area contributed by atoms with Crippen molar-refractivity contribution < 1.29 is 19.4 Å². The molecule has 2 aromatic carbocycles. The molecule has 0 unspecified atom stereocenters. The SMILES string of the molecule is COc1ccc(C(=O)NN=C(C)c2cc(Br)cc(Br)c2O)cc1OC. The summed E-state index contributed by atoms with van der Waals surface area (Å²) in [5.41, 5.74) is 3.78. The summed E-state index contributed by atoms with van der Waals surface area (Å²) in [5, 5.41) is 14.2. The van der Waals surface area contributed by atoms with Crippen molar-refractivity contribution in [3.05, 3.63) is 50.4 Å². The van der Waals surface area contributed by atoms with Crippen LogP contribution in [0, 0.1) is 0 Å². The van der Waals surface area contributed by atoms with E-state index >= 15 is 0 Å². The lowest BCUT2D eigenvalue weighted by Crippen LogP contribution is -2.19. The number of hydrogen-bond acceptors (Lipinski definition) is 5. The van der Waals surface area contributed by atoms with Gasteiger partial charge in [-0.15, -0.1) is 0 Å². The topological polar surface area (TPSA) is 80.2 Å². The van der Waals surface area contributed by atoms with Crippen molar-refractivity contribution in [2.45, 2.75) is 6.92 Å². The van der Waals surface area contributed by atoms with Gasteiger partial charge < -0.3 is 14.6 Å². The third kappa shape index (κ3) is 4.52. The van der Waals surface area contributed by atoms with E-state index in [0.29, 0.717) is 32.8 Å². The van der Waals surface area contributed by atoms with Gasteiger partial charge in [0.15, 0.2) is 11.5 Å². The number of hydrogen-bond donors (Lipinski definition) is 2. The Hall–Kier alpha value is -2.06. The Kier molecular flexibility index (Phi) is 6.44. The Morgan fingerprint density at radius 1 is 1.12 bits per heavy atom. The van der Waals surface area contributed by atoms with Gasteiger partial charge in [0.05, 0.1) is 24.4 Å². The van der Waals surface area contributed by atoms with E-state index in [0.717, 1.165) is 4.47 Å². The number of hydrazone groups is 1. The number of amides is 1. The van der Waals surface area contributed by atoms with Crippen molar-refractivity contribution in [3.63, 3.8) is 0 Å². The number of phenols is 1. The molecular formula is C17H16Br2N2O4. The molecule has 0 radical (unpaired) electrons. The van der Waals surface area contributed by atoms with Gasteiger partial charge in [0, 0.05) is 15.6 Å². The largest absolute Gasteiger partial charge is 0.506 e. The van der Waals surface area contributed by atoms with Crippen LogP contribution in [0.5, 0.6) is 17.2 Å². The normalized spacial score (nSPS) is 11.2. The number of benzene rings is 2. The van der Waals surface area contributed by atoms with Gasteiger partial charge >= 0.3 is 0 Å². The molecule has 2 N–H and O–H groups in total. The van der Waals surface area contributed by atoms with Gasteiger partial charge in [-0.1, -0.05) is 15.9 Å². The van der Waals surface area contributed by atoms with Crippen LogP contribution in [0.25, 0.3) is 0 Å². The summed E-state index contributed by atoms with van der Waals surface area (Å²) in [6.07, 6.45) is 0. The second-order valence-corrected chi connectivity index (χ2v) is 6.76. The Balaban J connectivity index is 2.22. The van der Waals surface area contributed by atoms with Crippen LogP contribution < -0.4 is 14.9 Å². The quantitative estimate of drug-likeness (QED) is 0.508. The van der Waals surface area contributed by atoms with E-state index in [4.69, 9.17) is 9.47 Å². The van der Waals surface area contributed by atoms with Gasteiger partial charge in [-0.2, -0.15) is 5.10 Å². The highest BCUT2D eigenvalue weighted by Crippen LogP contribution is 2.32. The molecule has 0 atom stereocenters. The van der Waals surface area contributed by atoms with E-state index < -0.39 is 5.91 Å². The summed E-state index contributed by atoms with van der Waals surface area (Å²) < 4.78 is 11.6. The highest BCUT2D eigenvalue weighted by Gasteiger charge is 2.13. The van der Waals surface area contributed by atoms with Crippen LogP contribution in [0.2, 0.25) is 0 Å². The maximum absolute atomic E-state index is 12.3. The maximum atomic E-state index is 12.3.